The lowest BCUT2D eigenvalue weighted by atomic mass is 10.1. The van der Waals surface area contributed by atoms with Gasteiger partial charge in [-0.15, -0.1) is 0 Å². The van der Waals surface area contributed by atoms with Crippen LogP contribution in [0.5, 0.6) is 0 Å². The van der Waals surface area contributed by atoms with Crippen molar-refractivity contribution in [3.8, 4) is 0 Å². The summed E-state index contributed by atoms with van der Waals surface area (Å²) in [5, 5.41) is 9.30. The highest BCUT2D eigenvalue weighted by Crippen LogP contribution is 2.13. The zero-order chi connectivity index (χ0) is 11.5. The number of H-pyrrole nitrogens is 1. The fourth-order valence-corrected chi connectivity index (χ4v) is 1.28. The zero-order valence-electron chi connectivity index (χ0n) is 8.08. The lowest BCUT2D eigenvalue weighted by Gasteiger charge is -2.01. The Labute approximate surface area is 89.3 Å². The monoisotopic (exact) mass is 223 g/mol. The molecule has 0 radical (unpaired) electrons. The molecule has 1 aromatic carbocycles. The van der Waals surface area contributed by atoms with E-state index in [1.165, 1.54) is 18.3 Å². The second kappa shape index (κ2) is 4.18. The van der Waals surface area contributed by atoms with E-state index in [9.17, 15) is 13.6 Å². The Morgan fingerprint density at radius 1 is 1.38 bits per heavy atom. The minimum absolute atomic E-state index is 0.00741. The minimum atomic E-state index is -1.00. The Hall–Kier alpha value is -2.11. The van der Waals surface area contributed by atoms with Gasteiger partial charge in [0.1, 0.15) is 5.69 Å². The van der Waals surface area contributed by atoms with Crippen LogP contribution in [0.25, 0.3) is 0 Å². The molecule has 1 N–H and O–H groups in total. The second-order valence-electron chi connectivity index (χ2n) is 3.17. The molecule has 4 nitrogen and oxygen atoms in total. The Morgan fingerprint density at radius 2 is 2.19 bits per heavy atom. The summed E-state index contributed by atoms with van der Waals surface area (Å²) in [4.78, 5) is 11.5. The van der Waals surface area contributed by atoms with Crippen molar-refractivity contribution in [2.75, 3.05) is 0 Å². The molecule has 0 atom stereocenters. The van der Waals surface area contributed by atoms with Crippen LogP contribution < -0.4 is 0 Å². The summed E-state index contributed by atoms with van der Waals surface area (Å²) in [6, 6.07) is 3.71. The number of aromatic amines is 1. The third kappa shape index (κ3) is 1.95. The summed E-state index contributed by atoms with van der Waals surface area (Å²) >= 11 is 0. The number of carbonyl (C=O) groups is 1. The van der Waals surface area contributed by atoms with Crippen LogP contribution in [0, 0.1) is 11.6 Å². The first-order valence-electron chi connectivity index (χ1n) is 4.50. The third-order valence-corrected chi connectivity index (χ3v) is 2.08. The van der Waals surface area contributed by atoms with Gasteiger partial charge in [-0.05, 0) is 11.6 Å². The largest absolute Gasteiger partial charge is 0.292 e. The van der Waals surface area contributed by atoms with Crippen molar-refractivity contribution in [2.45, 2.75) is 6.42 Å². The average Bonchev–Trinajstić information content (AvgIpc) is 2.78. The highest BCUT2D eigenvalue weighted by molar-refractivity contribution is 5.95. The zero-order valence-corrected chi connectivity index (χ0v) is 8.08. The fraction of sp³-hybridized carbons (Fsp3) is 0.100. The number of carbonyl (C=O) groups excluding carboxylic acids is 1. The highest BCUT2D eigenvalue weighted by Gasteiger charge is 2.14. The van der Waals surface area contributed by atoms with Crippen molar-refractivity contribution in [2.24, 2.45) is 0 Å². The predicted molar refractivity (Wildman–Crippen MR) is 50.8 cm³/mol. The first-order valence-corrected chi connectivity index (χ1v) is 4.50. The molecular weight excluding hydrogens is 216 g/mol. The van der Waals surface area contributed by atoms with Crippen molar-refractivity contribution < 1.29 is 13.6 Å². The van der Waals surface area contributed by atoms with Crippen molar-refractivity contribution >= 4 is 5.78 Å². The summed E-state index contributed by atoms with van der Waals surface area (Å²) in [5.74, 6) is -2.39. The molecule has 82 valence electrons. The standard InChI is InChI=1S/C10H7F2N3O/c11-7-3-1-2-6(10(7)12)4-9(16)8-5-13-15-14-8/h1-3,5H,4H2,(H,13,14,15). The highest BCUT2D eigenvalue weighted by atomic mass is 19.2. The van der Waals surface area contributed by atoms with Gasteiger partial charge in [-0.2, -0.15) is 15.4 Å². The van der Waals surface area contributed by atoms with E-state index in [0.717, 1.165) is 6.07 Å². The predicted octanol–water partition coefficient (Wildman–Crippen LogP) is 1.51. The van der Waals surface area contributed by atoms with Gasteiger partial charge >= 0.3 is 0 Å². The van der Waals surface area contributed by atoms with Crippen LogP contribution in [0.15, 0.2) is 24.4 Å². The molecular formula is C10H7F2N3O. The summed E-state index contributed by atoms with van der Waals surface area (Å²) < 4.78 is 26.1. The topological polar surface area (TPSA) is 58.6 Å². The molecule has 0 unspecified atom stereocenters. The van der Waals surface area contributed by atoms with E-state index in [1.807, 2.05) is 0 Å². The van der Waals surface area contributed by atoms with Crippen LogP contribution in [-0.2, 0) is 6.42 Å². The Kier molecular flexibility index (Phi) is 2.72. The number of halogens is 2. The molecule has 0 aliphatic carbocycles. The van der Waals surface area contributed by atoms with Gasteiger partial charge in [0.15, 0.2) is 17.4 Å². The average molecular weight is 223 g/mol. The van der Waals surface area contributed by atoms with Gasteiger partial charge in [0.2, 0.25) is 0 Å². The number of benzene rings is 1. The van der Waals surface area contributed by atoms with Crippen molar-refractivity contribution in [3.63, 3.8) is 0 Å². The molecule has 16 heavy (non-hydrogen) atoms. The van der Waals surface area contributed by atoms with Crippen molar-refractivity contribution in [1.29, 1.82) is 0 Å². The number of nitrogens with zero attached hydrogens (tertiary/aromatic N) is 2. The van der Waals surface area contributed by atoms with Crippen LogP contribution in [0.4, 0.5) is 8.78 Å². The van der Waals surface area contributed by atoms with Gasteiger partial charge in [-0.3, -0.25) is 4.79 Å². The molecule has 0 spiro atoms. The third-order valence-electron chi connectivity index (χ3n) is 2.08. The van der Waals surface area contributed by atoms with E-state index in [4.69, 9.17) is 0 Å². The van der Waals surface area contributed by atoms with Gasteiger partial charge in [0, 0.05) is 6.42 Å². The second-order valence-corrected chi connectivity index (χ2v) is 3.17. The lowest BCUT2D eigenvalue weighted by molar-refractivity contribution is 0.0987. The molecule has 0 saturated carbocycles. The lowest BCUT2D eigenvalue weighted by Crippen LogP contribution is -2.06. The molecule has 0 fully saturated rings. The van der Waals surface area contributed by atoms with E-state index in [1.54, 1.807) is 0 Å². The number of hydrogen-bond acceptors (Lipinski definition) is 3. The van der Waals surface area contributed by atoms with E-state index < -0.39 is 17.4 Å². The molecule has 6 heteroatoms. The number of rotatable bonds is 3. The van der Waals surface area contributed by atoms with Gasteiger partial charge in [-0.1, -0.05) is 12.1 Å². The molecule has 0 bridgehead atoms. The normalized spacial score (nSPS) is 10.4. The van der Waals surface area contributed by atoms with Crippen LogP contribution in [-0.4, -0.2) is 21.2 Å². The summed E-state index contributed by atoms with van der Waals surface area (Å²) in [6.07, 6.45) is 0.996. The molecule has 0 saturated heterocycles. The van der Waals surface area contributed by atoms with Crippen molar-refractivity contribution in [3.05, 3.63) is 47.3 Å². The Morgan fingerprint density at radius 3 is 2.88 bits per heavy atom. The number of nitrogens with one attached hydrogen (secondary N) is 1. The summed E-state index contributed by atoms with van der Waals surface area (Å²) in [6.45, 7) is 0. The van der Waals surface area contributed by atoms with E-state index in [0.29, 0.717) is 0 Å². The Bertz CT molecular complexity index is 511. The maximum atomic E-state index is 13.2. The number of aromatic nitrogens is 3. The molecule has 2 aromatic rings. The molecule has 0 amide bonds. The van der Waals surface area contributed by atoms with Gasteiger partial charge in [0.05, 0.1) is 6.20 Å². The van der Waals surface area contributed by atoms with Crippen LogP contribution in [0.2, 0.25) is 0 Å². The van der Waals surface area contributed by atoms with Gasteiger partial charge in [-0.25, -0.2) is 8.78 Å². The van der Waals surface area contributed by atoms with E-state index in [2.05, 4.69) is 15.4 Å². The minimum Gasteiger partial charge on any atom is -0.292 e. The van der Waals surface area contributed by atoms with Gasteiger partial charge < -0.3 is 0 Å². The van der Waals surface area contributed by atoms with Crippen LogP contribution in [0.1, 0.15) is 16.1 Å². The Balaban J connectivity index is 2.22. The van der Waals surface area contributed by atoms with Crippen molar-refractivity contribution in [1.82, 2.24) is 15.4 Å². The molecule has 0 aliphatic heterocycles. The maximum Gasteiger partial charge on any atom is 0.189 e. The maximum absolute atomic E-state index is 13.2. The first kappa shape index (κ1) is 10.4. The number of Topliss-reactive ketones (excluding diaryl/α,β-unsaturated/α-hetero) is 1. The van der Waals surface area contributed by atoms with Crippen LogP contribution in [0.3, 0.4) is 0 Å². The quantitative estimate of drug-likeness (QED) is 0.802. The number of ketones is 1. The molecule has 1 aromatic heterocycles. The first-order chi connectivity index (χ1) is 7.68. The summed E-state index contributed by atoms with van der Waals surface area (Å²) in [7, 11) is 0. The number of hydrogen-bond donors (Lipinski definition) is 1. The molecule has 2 rings (SSSR count). The van der Waals surface area contributed by atoms with Crippen LogP contribution >= 0.6 is 0 Å². The smallest absolute Gasteiger partial charge is 0.189 e. The summed E-state index contributed by atoms with van der Waals surface area (Å²) in [5.41, 5.74) is 0.108. The van der Waals surface area contributed by atoms with Gasteiger partial charge in [0.25, 0.3) is 0 Å². The van der Waals surface area contributed by atoms with E-state index in [-0.39, 0.29) is 17.7 Å². The SMILES string of the molecule is O=C(Cc1cccc(F)c1F)c1cn[nH]n1. The molecule has 0 aliphatic rings. The fourth-order valence-electron chi connectivity index (χ4n) is 1.28. The van der Waals surface area contributed by atoms with E-state index >= 15 is 0 Å². The molecule has 1 heterocycles.